The third kappa shape index (κ3) is 5.10. The number of ether oxygens (including phenoxy) is 3. The van der Waals surface area contributed by atoms with Gasteiger partial charge in [0.25, 0.3) is 0 Å². The van der Waals surface area contributed by atoms with E-state index in [1.165, 1.54) is 0 Å². The summed E-state index contributed by atoms with van der Waals surface area (Å²) in [5, 5.41) is 0.0836. The van der Waals surface area contributed by atoms with Crippen LogP contribution in [0.2, 0.25) is 18.1 Å². The summed E-state index contributed by atoms with van der Waals surface area (Å²) in [6.07, 6.45) is 0.937. The van der Waals surface area contributed by atoms with Gasteiger partial charge < -0.3 is 18.6 Å². The van der Waals surface area contributed by atoms with E-state index in [0.717, 1.165) is 12.8 Å². The van der Waals surface area contributed by atoms with E-state index in [2.05, 4.69) is 33.9 Å². The van der Waals surface area contributed by atoms with Gasteiger partial charge in [0.15, 0.2) is 8.32 Å². The van der Waals surface area contributed by atoms with Crippen molar-refractivity contribution in [3.63, 3.8) is 0 Å². The van der Waals surface area contributed by atoms with Gasteiger partial charge in [-0.05, 0) is 37.9 Å². The van der Waals surface area contributed by atoms with E-state index in [-0.39, 0.29) is 41.8 Å². The zero-order chi connectivity index (χ0) is 17.8. The van der Waals surface area contributed by atoms with Gasteiger partial charge >= 0.3 is 0 Å². The number of carbonyl (C=O) groups excluding carboxylic acids is 1. The van der Waals surface area contributed by atoms with Gasteiger partial charge in [-0.1, -0.05) is 20.8 Å². The van der Waals surface area contributed by atoms with Crippen LogP contribution in [0.3, 0.4) is 0 Å². The third-order valence-electron chi connectivity index (χ3n) is 5.28. The first-order valence-corrected chi connectivity index (χ1v) is 11.3. The molecule has 6 heteroatoms. The molecule has 0 heterocycles. The number of Topliss-reactive ketones (excluding diaryl/α,β-unsaturated/α-hetero) is 1. The van der Waals surface area contributed by atoms with Gasteiger partial charge in [-0.25, -0.2) is 0 Å². The zero-order valence-corrected chi connectivity index (χ0v) is 17.0. The lowest BCUT2D eigenvalue weighted by Gasteiger charge is -2.47. The number of ketones is 1. The average molecular weight is 347 g/mol. The zero-order valence-electron chi connectivity index (χ0n) is 16.0. The van der Waals surface area contributed by atoms with Gasteiger partial charge in [-0.2, -0.15) is 0 Å². The Morgan fingerprint density at radius 3 is 2.17 bits per heavy atom. The molecule has 0 bridgehead atoms. The van der Waals surface area contributed by atoms with E-state index in [1.54, 1.807) is 21.1 Å². The Kier molecular flexibility index (Phi) is 7.41. The molecule has 1 saturated carbocycles. The van der Waals surface area contributed by atoms with Gasteiger partial charge in [0.05, 0.1) is 18.3 Å². The summed E-state index contributed by atoms with van der Waals surface area (Å²) < 4.78 is 23.2. The lowest BCUT2D eigenvalue weighted by atomic mass is 9.80. The molecule has 0 unspecified atom stereocenters. The van der Waals surface area contributed by atoms with Crippen LogP contribution in [0.5, 0.6) is 0 Å². The number of rotatable bonds is 7. The van der Waals surface area contributed by atoms with Crippen molar-refractivity contribution in [3.05, 3.63) is 0 Å². The second-order valence-electron chi connectivity index (χ2n) is 7.95. The fraction of sp³-hybridized carbons (Fsp3) is 0.941. The molecule has 4 atom stereocenters. The Morgan fingerprint density at radius 2 is 1.74 bits per heavy atom. The standard InChI is InChI=1S/C17H34O5Si/c1-12(18)13-9-10-14(21-11-19-5)16(15(13)20-6)22-23(7,8)17(2,3)4/h13-16H,9-11H2,1-8H3/t13-,14+,15-,16-/m1/s1. The molecule has 0 aromatic carbocycles. The van der Waals surface area contributed by atoms with Crippen LogP contribution in [-0.4, -0.2) is 53.4 Å². The normalized spacial score (nSPS) is 29.6. The third-order valence-corrected chi connectivity index (χ3v) is 9.75. The summed E-state index contributed by atoms with van der Waals surface area (Å²) in [5.74, 6) is 0.0306. The largest absolute Gasteiger partial charge is 0.409 e. The van der Waals surface area contributed by atoms with Crippen LogP contribution in [-0.2, 0) is 23.4 Å². The summed E-state index contributed by atoms with van der Waals surface area (Å²) in [5.41, 5.74) is 0. The fourth-order valence-electron chi connectivity index (χ4n) is 2.84. The van der Waals surface area contributed by atoms with E-state index >= 15 is 0 Å². The molecule has 0 aromatic rings. The molecule has 0 radical (unpaired) electrons. The van der Waals surface area contributed by atoms with Crippen molar-refractivity contribution < 1.29 is 23.4 Å². The second kappa shape index (κ2) is 8.21. The molecule has 1 fully saturated rings. The van der Waals surface area contributed by atoms with Gasteiger partial charge in [0.2, 0.25) is 0 Å². The van der Waals surface area contributed by atoms with Crippen LogP contribution in [0.4, 0.5) is 0 Å². The Morgan fingerprint density at radius 1 is 1.13 bits per heavy atom. The first kappa shape index (κ1) is 20.8. The Bertz CT molecular complexity index is 391. The Hall–Kier alpha value is -0.273. The summed E-state index contributed by atoms with van der Waals surface area (Å²) in [6, 6.07) is 0. The molecule has 0 N–H and O–H groups in total. The van der Waals surface area contributed by atoms with Crippen LogP contribution in [0.25, 0.3) is 0 Å². The van der Waals surface area contributed by atoms with E-state index in [4.69, 9.17) is 18.6 Å². The topological polar surface area (TPSA) is 54.0 Å². The SMILES string of the molecule is COCO[C@H]1CC[C@H](C(C)=O)[C@@H](OC)[C@@H]1O[Si](C)(C)C(C)(C)C. The second-order valence-corrected chi connectivity index (χ2v) is 12.7. The van der Waals surface area contributed by atoms with Gasteiger partial charge in [-0.15, -0.1) is 0 Å². The highest BCUT2D eigenvalue weighted by Crippen LogP contribution is 2.41. The van der Waals surface area contributed by atoms with Crippen molar-refractivity contribution >= 4 is 14.1 Å². The van der Waals surface area contributed by atoms with Crippen molar-refractivity contribution in [1.29, 1.82) is 0 Å². The van der Waals surface area contributed by atoms with Crippen molar-refractivity contribution in [2.24, 2.45) is 5.92 Å². The number of methoxy groups -OCH3 is 2. The van der Waals surface area contributed by atoms with Crippen LogP contribution in [0, 0.1) is 5.92 Å². The first-order valence-electron chi connectivity index (χ1n) is 8.36. The summed E-state index contributed by atoms with van der Waals surface area (Å²) in [6.45, 7) is 12.9. The molecule has 1 aliphatic carbocycles. The molecule has 23 heavy (non-hydrogen) atoms. The molecule has 1 rings (SSSR count). The van der Waals surface area contributed by atoms with Gasteiger partial charge in [0.1, 0.15) is 12.6 Å². The summed E-state index contributed by atoms with van der Waals surface area (Å²) in [4.78, 5) is 12.0. The maximum Gasteiger partial charge on any atom is 0.192 e. The van der Waals surface area contributed by atoms with E-state index < -0.39 is 8.32 Å². The van der Waals surface area contributed by atoms with Crippen LogP contribution >= 0.6 is 0 Å². The predicted octanol–water partition coefficient (Wildman–Crippen LogP) is 3.38. The minimum Gasteiger partial charge on any atom is -0.409 e. The molecule has 1 aliphatic rings. The highest BCUT2D eigenvalue weighted by molar-refractivity contribution is 6.74. The van der Waals surface area contributed by atoms with Crippen molar-refractivity contribution in [3.8, 4) is 0 Å². The smallest absolute Gasteiger partial charge is 0.192 e. The maximum absolute atomic E-state index is 12.0. The Labute approximate surface area is 142 Å². The van der Waals surface area contributed by atoms with E-state index in [0.29, 0.717) is 0 Å². The lowest BCUT2D eigenvalue weighted by molar-refractivity contribution is -0.172. The molecule has 0 aliphatic heterocycles. The maximum atomic E-state index is 12.0. The van der Waals surface area contributed by atoms with Gasteiger partial charge in [-0.3, -0.25) is 4.79 Å². The molecule has 0 aromatic heterocycles. The molecular weight excluding hydrogens is 312 g/mol. The fourth-order valence-corrected chi connectivity index (χ4v) is 4.16. The predicted molar refractivity (Wildman–Crippen MR) is 93.0 cm³/mol. The first-order chi connectivity index (χ1) is 10.5. The van der Waals surface area contributed by atoms with E-state index in [1.807, 2.05) is 0 Å². The van der Waals surface area contributed by atoms with Crippen molar-refractivity contribution in [2.45, 2.75) is 77.0 Å². The molecular formula is C17H34O5Si. The average Bonchev–Trinajstić information content (AvgIpc) is 2.43. The molecule has 0 spiro atoms. The Balaban J connectivity index is 3.05. The molecule has 136 valence electrons. The monoisotopic (exact) mass is 346 g/mol. The van der Waals surface area contributed by atoms with Crippen LogP contribution in [0.15, 0.2) is 0 Å². The quantitative estimate of drug-likeness (QED) is 0.522. The van der Waals surface area contributed by atoms with E-state index in [9.17, 15) is 4.79 Å². The lowest BCUT2D eigenvalue weighted by Crippen LogP contribution is -2.57. The number of hydrogen-bond donors (Lipinski definition) is 0. The molecule has 5 nitrogen and oxygen atoms in total. The number of hydrogen-bond acceptors (Lipinski definition) is 5. The summed E-state index contributed by atoms with van der Waals surface area (Å²) in [7, 11) is 1.26. The minimum atomic E-state index is -2.01. The summed E-state index contributed by atoms with van der Waals surface area (Å²) >= 11 is 0. The molecule has 0 amide bonds. The highest BCUT2D eigenvalue weighted by atomic mass is 28.4. The minimum absolute atomic E-state index is 0.0836. The van der Waals surface area contributed by atoms with Gasteiger partial charge in [0, 0.05) is 20.1 Å². The van der Waals surface area contributed by atoms with Crippen LogP contribution in [0.1, 0.15) is 40.5 Å². The highest BCUT2D eigenvalue weighted by Gasteiger charge is 2.48. The van der Waals surface area contributed by atoms with Crippen molar-refractivity contribution in [1.82, 2.24) is 0 Å². The van der Waals surface area contributed by atoms with Crippen LogP contribution < -0.4 is 0 Å². The number of carbonyl (C=O) groups is 1. The molecule has 0 saturated heterocycles. The van der Waals surface area contributed by atoms with Crippen molar-refractivity contribution in [2.75, 3.05) is 21.0 Å².